The Morgan fingerprint density at radius 2 is 0.560 bits per heavy atom. The van der Waals surface area contributed by atoms with Crippen molar-refractivity contribution in [2.45, 2.75) is 127 Å². The molecule has 13 rings (SSSR count). The van der Waals surface area contributed by atoms with Crippen LogP contribution in [0.3, 0.4) is 0 Å². The Balaban J connectivity index is -0.000000292. The molecule has 0 radical (unpaired) electrons. The zero-order valence-corrected chi connectivity index (χ0v) is 57.3. The van der Waals surface area contributed by atoms with Crippen molar-refractivity contribution < 1.29 is 0 Å². The molecular weight excluding hydrogens is 1120 g/mol. The number of piperidine rings is 1. The summed E-state index contributed by atoms with van der Waals surface area (Å²) in [6.07, 6.45) is 77.8. The molecule has 1 aromatic heterocycles. The van der Waals surface area contributed by atoms with E-state index in [9.17, 15) is 0 Å². The van der Waals surface area contributed by atoms with E-state index >= 15 is 0 Å². The maximum atomic E-state index is 2.39. The highest BCUT2D eigenvalue weighted by Gasteiger charge is 2.04. The predicted octanol–water partition coefficient (Wildman–Crippen LogP) is 15.7. The number of likely N-dealkylation sites (N-methyl/N-ethyl adjacent to an activating group) is 5. The van der Waals surface area contributed by atoms with Crippen LogP contribution in [0.25, 0.3) is 0 Å². The molecular formula is C78H149N13. The van der Waals surface area contributed by atoms with Gasteiger partial charge in [0.05, 0.1) is 0 Å². The first kappa shape index (κ1) is 94.0. The first-order chi connectivity index (χ1) is 41.6. The van der Waals surface area contributed by atoms with Gasteiger partial charge in [-0.25, -0.2) is 0 Å². The number of hydrogen-bond acceptors (Lipinski definition) is 12. The van der Waals surface area contributed by atoms with Crippen LogP contribution >= 0.6 is 0 Å². The third-order valence-corrected chi connectivity index (χ3v) is 14.6. The van der Waals surface area contributed by atoms with Gasteiger partial charge in [-0.15, -0.1) is 0 Å². The highest BCUT2D eigenvalue weighted by molar-refractivity contribution is 5.08. The number of aromatic nitrogens is 1. The van der Waals surface area contributed by atoms with Gasteiger partial charge in [0.1, 0.15) is 0 Å². The van der Waals surface area contributed by atoms with E-state index in [2.05, 4.69) is 278 Å². The maximum Gasteiger partial charge on any atom is 0.0353 e. The Morgan fingerprint density at radius 1 is 0.220 bits per heavy atom. The highest BCUT2D eigenvalue weighted by atomic mass is 15.1. The second-order valence-corrected chi connectivity index (χ2v) is 23.9. The van der Waals surface area contributed by atoms with Crippen molar-refractivity contribution in [3.05, 3.63) is 183 Å². The normalized spacial score (nSPS) is 19.2. The topological polar surface area (TPSA) is 43.8 Å². The number of aryl methyl sites for hydroxylation is 1. The molecule has 13 heteroatoms. The van der Waals surface area contributed by atoms with E-state index < -0.39 is 0 Å². The standard InChI is InChI=1S/C6H13N.4C6H11N.3C6H9N.C5H11N.3C5H9N.C5H7N.5CH4/c8*1-7-5-3-2-4-6-7;5*1-6-4-2-3-5-6;;;;;/h2-6H2,1H3;2*3,5H,2,4,6H2,1H3;2*2-3H,4-6H2,1H3;3-6H,2H2,1H3;2*2-5H,6H2,1H3;2-5H2,1H3;2*2,4H,3,5H2,1H3;2-3H,4-5H2,1H3;2-5H,1H3;5*1H4. The van der Waals surface area contributed by atoms with E-state index in [-0.39, 0.29) is 37.1 Å². The summed E-state index contributed by atoms with van der Waals surface area (Å²) in [7, 11) is 27.3. The molecule has 2 saturated heterocycles. The van der Waals surface area contributed by atoms with E-state index in [1.807, 2.05) is 60.2 Å². The number of nitrogens with zero attached hydrogens (tertiary/aromatic N) is 13. The van der Waals surface area contributed by atoms with Crippen molar-refractivity contribution in [1.29, 1.82) is 0 Å². The van der Waals surface area contributed by atoms with Crippen molar-refractivity contribution in [3.63, 3.8) is 0 Å². The zero-order valence-electron chi connectivity index (χ0n) is 57.3. The number of hydrogen-bond donors (Lipinski definition) is 0. The van der Waals surface area contributed by atoms with Crippen molar-refractivity contribution in [2.75, 3.05) is 189 Å². The van der Waals surface area contributed by atoms with Gasteiger partial charge >= 0.3 is 0 Å². The monoisotopic (exact) mass is 1270 g/mol. The fraction of sp³-hybridized carbons (Fsp3) is 0.615. The molecule has 12 aliphatic heterocycles. The lowest BCUT2D eigenvalue weighted by Crippen LogP contribution is -2.24. The molecule has 0 amide bonds. The van der Waals surface area contributed by atoms with Crippen LogP contribution < -0.4 is 0 Å². The average Bonchev–Trinajstić information content (AvgIpc) is 4.48. The van der Waals surface area contributed by atoms with Gasteiger partial charge in [0.25, 0.3) is 0 Å². The molecule has 526 valence electrons. The largest absolute Gasteiger partial charge is 0.381 e. The lowest BCUT2D eigenvalue weighted by Gasteiger charge is -2.20. The summed E-state index contributed by atoms with van der Waals surface area (Å²) in [5, 5.41) is 0. The minimum Gasteiger partial charge on any atom is -0.381 e. The van der Waals surface area contributed by atoms with Gasteiger partial charge in [-0.3, -0.25) is 4.90 Å². The molecule has 0 N–H and O–H groups in total. The highest BCUT2D eigenvalue weighted by Crippen LogP contribution is 2.06. The van der Waals surface area contributed by atoms with Crippen LogP contribution in [0.15, 0.2) is 183 Å². The van der Waals surface area contributed by atoms with E-state index in [1.54, 1.807) is 0 Å². The first-order valence-corrected chi connectivity index (χ1v) is 32.7. The van der Waals surface area contributed by atoms with Gasteiger partial charge in [-0.2, -0.15) is 0 Å². The quantitative estimate of drug-likeness (QED) is 0.233. The van der Waals surface area contributed by atoms with Crippen LogP contribution in [-0.2, 0) is 7.05 Å². The molecule has 2 fully saturated rings. The molecule has 0 bridgehead atoms. The first-order valence-electron chi connectivity index (χ1n) is 32.7. The summed E-state index contributed by atoms with van der Waals surface area (Å²) in [6, 6.07) is 4.00. The van der Waals surface area contributed by atoms with Crippen molar-refractivity contribution >= 4 is 0 Å². The van der Waals surface area contributed by atoms with Crippen molar-refractivity contribution in [3.8, 4) is 0 Å². The molecule has 12 aliphatic rings. The summed E-state index contributed by atoms with van der Waals surface area (Å²) >= 11 is 0. The summed E-state index contributed by atoms with van der Waals surface area (Å²) in [5.74, 6) is 0. The molecule has 13 heterocycles. The number of likely N-dealkylation sites (tertiary alicyclic amines) is 2. The Labute approximate surface area is 567 Å². The fourth-order valence-corrected chi connectivity index (χ4v) is 8.95. The molecule has 91 heavy (non-hydrogen) atoms. The van der Waals surface area contributed by atoms with E-state index in [0.717, 1.165) is 45.7 Å². The Morgan fingerprint density at radius 3 is 0.703 bits per heavy atom. The molecule has 1 aromatic rings. The zero-order chi connectivity index (χ0) is 62.9. The van der Waals surface area contributed by atoms with E-state index in [1.165, 1.54) is 149 Å². The van der Waals surface area contributed by atoms with Gasteiger partial charge < -0.3 is 58.5 Å². The van der Waals surface area contributed by atoms with Crippen LogP contribution in [0.1, 0.15) is 127 Å². The lowest BCUT2D eigenvalue weighted by molar-refractivity contribution is 0.277. The number of rotatable bonds is 0. The predicted molar refractivity (Wildman–Crippen MR) is 414 cm³/mol. The summed E-state index contributed by atoms with van der Waals surface area (Å²) < 4.78 is 2.00. The van der Waals surface area contributed by atoms with Crippen LogP contribution in [-0.4, -0.2) is 253 Å². The van der Waals surface area contributed by atoms with Crippen molar-refractivity contribution in [2.24, 2.45) is 7.05 Å². The van der Waals surface area contributed by atoms with Gasteiger partial charge in [0.2, 0.25) is 0 Å². The van der Waals surface area contributed by atoms with Crippen LogP contribution in [0, 0.1) is 0 Å². The second-order valence-electron chi connectivity index (χ2n) is 23.9. The molecule has 0 saturated carbocycles. The molecule has 0 aliphatic carbocycles. The lowest BCUT2D eigenvalue weighted by atomic mass is 10.1. The Hall–Kier alpha value is -5.70. The average molecular weight is 1270 g/mol. The molecule has 0 atom stereocenters. The van der Waals surface area contributed by atoms with Crippen molar-refractivity contribution in [1.82, 2.24) is 63.4 Å². The third kappa shape index (κ3) is 65.6. The minimum atomic E-state index is 0. The van der Waals surface area contributed by atoms with E-state index in [0.29, 0.717) is 0 Å². The summed E-state index contributed by atoms with van der Waals surface area (Å²) in [4.78, 5) is 26.7. The smallest absolute Gasteiger partial charge is 0.0353 e. The summed E-state index contributed by atoms with van der Waals surface area (Å²) in [6.45, 7) is 19.3. The van der Waals surface area contributed by atoms with Gasteiger partial charge in [0.15, 0.2) is 0 Å². The molecule has 0 spiro atoms. The minimum absolute atomic E-state index is 0. The van der Waals surface area contributed by atoms with Crippen LogP contribution in [0.4, 0.5) is 0 Å². The molecule has 13 nitrogen and oxygen atoms in total. The fourth-order valence-electron chi connectivity index (χ4n) is 8.95. The number of allylic oxidation sites excluding steroid dienone is 8. The Bertz CT molecular complexity index is 1970. The van der Waals surface area contributed by atoms with Crippen LogP contribution in [0.2, 0.25) is 0 Å². The second kappa shape index (κ2) is 67.2. The third-order valence-electron chi connectivity index (χ3n) is 14.6. The molecule has 0 aromatic carbocycles. The maximum absolute atomic E-state index is 2.39. The molecule has 0 unspecified atom stereocenters. The SMILES string of the molecule is C.C.C.C.C.CN1C=CC=CC1.CN1C=CC=CC1.CN1C=CCC1.CN1C=CCC1.CN1C=CCC=C1.CN1C=CCCC1.CN1C=CCCC1.CN1CC=CC1.CN1CC=CCC1.CN1CC=CCC1.CN1CCCC1.CN1CCCCC1.Cn1cccc1. The summed E-state index contributed by atoms with van der Waals surface area (Å²) in [5.41, 5.74) is 0. The van der Waals surface area contributed by atoms with Crippen LogP contribution in [0.5, 0.6) is 0 Å². The van der Waals surface area contributed by atoms with Gasteiger partial charge in [-0.1, -0.05) is 141 Å². The van der Waals surface area contributed by atoms with Gasteiger partial charge in [-0.05, 0) is 219 Å². The Kier molecular flexibility index (Phi) is 69.4. The van der Waals surface area contributed by atoms with Gasteiger partial charge in [0, 0.05) is 147 Å². The van der Waals surface area contributed by atoms with E-state index in [4.69, 9.17) is 0 Å².